The van der Waals surface area contributed by atoms with Gasteiger partial charge in [0.15, 0.2) is 0 Å². The lowest BCUT2D eigenvalue weighted by molar-refractivity contribution is -0.116. The van der Waals surface area contributed by atoms with E-state index >= 15 is 0 Å². The number of nitrogens with zero attached hydrogens (tertiary/aromatic N) is 2. The van der Waals surface area contributed by atoms with Gasteiger partial charge in [-0.3, -0.25) is 4.79 Å². The molecular formula is C22H23N3O3. The predicted octanol–water partition coefficient (Wildman–Crippen LogP) is 3.84. The summed E-state index contributed by atoms with van der Waals surface area (Å²) in [6, 6.07) is 11.5. The van der Waals surface area contributed by atoms with Crippen LogP contribution in [0.1, 0.15) is 35.4 Å². The first-order chi connectivity index (χ1) is 13.6. The number of rotatable bonds is 6. The minimum atomic E-state index is -0.104. The summed E-state index contributed by atoms with van der Waals surface area (Å²) in [5.41, 5.74) is 3.45. The molecule has 1 atom stereocenters. The van der Waals surface area contributed by atoms with Crippen molar-refractivity contribution in [2.24, 2.45) is 0 Å². The molecular weight excluding hydrogens is 354 g/mol. The number of nitrogens with one attached hydrogen (secondary N) is 1. The van der Waals surface area contributed by atoms with E-state index in [1.807, 2.05) is 48.0 Å². The SMILES string of the molecule is Cc1cc2c(cc1O)NC(=O)CC2c1ccccc1OCCCn1ccnc1. The maximum absolute atomic E-state index is 12.3. The molecule has 2 N–H and O–H groups in total. The number of aromatic nitrogens is 2. The normalized spacial score (nSPS) is 15.8. The number of benzene rings is 2. The third-order valence-electron chi connectivity index (χ3n) is 5.08. The van der Waals surface area contributed by atoms with Gasteiger partial charge < -0.3 is 19.7 Å². The molecule has 1 amide bonds. The Hall–Kier alpha value is -3.28. The average molecular weight is 377 g/mol. The predicted molar refractivity (Wildman–Crippen MR) is 107 cm³/mol. The number of fused-ring (bicyclic) bond motifs is 1. The van der Waals surface area contributed by atoms with Crippen LogP contribution in [-0.2, 0) is 11.3 Å². The van der Waals surface area contributed by atoms with E-state index in [-0.39, 0.29) is 17.6 Å². The first kappa shape index (κ1) is 18.1. The van der Waals surface area contributed by atoms with E-state index in [9.17, 15) is 9.90 Å². The second-order valence-electron chi connectivity index (χ2n) is 7.07. The van der Waals surface area contributed by atoms with Crippen LogP contribution in [0.3, 0.4) is 0 Å². The molecule has 0 aliphatic carbocycles. The van der Waals surface area contributed by atoms with Crippen molar-refractivity contribution in [1.29, 1.82) is 0 Å². The summed E-state index contributed by atoms with van der Waals surface area (Å²) >= 11 is 0. The summed E-state index contributed by atoms with van der Waals surface area (Å²) in [7, 11) is 0. The number of para-hydroxylation sites is 1. The summed E-state index contributed by atoms with van der Waals surface area (Å²) in [5.74, 6) is 0.816. The summed E-state index contributed by atoms with van der Waals surface area (Å²) in [6.07, 6.45) is 6.71. The van der Waals surface area contributed by atoms with Gasteiger partial charge in [0.25, 0.3) is 0 Å². The maximum atomic E-state index is 12.3. The van der Waals surface area contributed by atoms with E-state index in [2.05, 4.69) is 10.3 Å². The minimum Gasteiger partial charge on any atom is -0.508 e. The van der Waals surface area contributed by atoms with Crippen molar-refractivity contribution in [2.45, 2.75) is 32.2 Å². The quantitative estimate of drug-likeness (QED) is 0.640. The van der Waals surface area contributed by atoms with Crippen molar-refractivity contribution in [3.63, 3.8) is 0 Å². The number of carbonyl (C=O) groups is 1. The van der Waals surface area contributed by atoms with E-state index in [0.29, 0.717) is 18.7 Å². The lowest BCUT2D eigenvalue weighted by Crippen LogP contribution is -2.24. The largest absolute Gasteiger partial charge is 0.508 e. The number of ether oxygens (including phenoxy) is 1. The van der Waals surface area contributed by atoms with Crippen molar-refractivity contribution >= 4 is 11.6 Å². The van der Waals surface area contributed by atoms with Gasteiger partial charge in [0.2, 0.25) is 5.91 Å². The number of aromatic hydroxyl groups is 1. The number of phenolic OH excluding ortho intramolecular Hbond substituents is 1. The van der Waals surface area contributed by atoms with Crippen molar-refractivity contribution in [2.75, 3.05) is 11.9 Å². The standard InChI is InChI=1S/C22H23N3O3/c1-15-11-18-17(12-22(27)24-19(18)13-20(15)26)16-5-2-3-6-21(16)28-10-4-8-25-9-7-23-14-25/h2-3,5-7,9,11,13-14,17,26H,4,8,10,12H2,1H3,(H,24,27). The Labute approximate surface area is 163 Å². The fourth-order valence-electron chi connectivity index (χ4n) is 3.64. The van der Waals surface area contributed by atoms with E-state index in [1.165, 1.54) is 0 Å². The zero-order chi connectivity index (χ0) is 19.5. The van der Waals surface area contributed by atoms with Gasteiger partial charge in [-0.2, -0.15) is 0 Å². The van der Waals surface area contributed by atoms with Crippen LogP contribution in [0.4, 0.5) is 5.69 Å². The molecule has 6 heteroatoms. The Kier molecular flexibility index (Phi) is 5.02. The molecule has 2 aromatic carbocycles. The molecule has 6 nitrogen and oxygen atoms in total. The van der Waals surface area contributed by atoms with E-state index in [0.717, 1.165) is 35.4 Å². The summed E-state index contributed by atoms with van der Waals surface area (Å²) < 4.78 is 8.10. The summed E-state index contributed by atoms with van der Waals surface area (Å²) in [6.45, 7) is 3.28. The van der Waals surface area contributed by atoms with Crippen LogP contribution in [-0.4, -0.2) is 27.2 Å². The van der Waals surface area contributed by atoms with Crippen LogP contribution in [0.2, 0.25) is 0 Å². The fourth-order valence-corrected chi connectivity index (χ4v) is 3.64. The number of hydrogen-bond donors (Lipinski definition) is 2. The van der Waals surface area contributed by atoms with Crippen LogP contribution in [0.15, 0.2) is 55.1 Å². The third-order valence-corrected chi connectivity index (χ3v) is 5.08. The van der Waals surface area contributed by atoms with Gasteiger partial charge in [-0.1, -0.05) is 18.2 Å². The Morgan fingerprint density at radius 2 is 2.14 bits per heavy atom. The summed E-state index contributed by atoms with van der Waals surface area (Å²) in [5, 5.41) is 12.9. The van der Waals surface area contributed by atoms with Crippen LogP contribution < -0.4 is 10.1 Å². The molecule has 4 rings (SSSR count). The Balaban J connectivity index is 1.56. The molecule has 0 spiro atoms. The smallest absolute Gasteiger partial charge is 0.225 e. The van der Waals surface area contributed by atoms with Gasteiger partial charge >= 0.3 is 0 Å². The average Bonchev–Trinajstić information content (AvgIpc) is 3.20. The van der Waals surface area contributed by atoms with E-state index in [4.69, 9.17) is 4.74 Å². The highest BCUT2D eigenvalue weighted by molar-refractivity contribution is 5.95. The number of hydrogen-bond acceptors (Lipinski definition) is 4. The highest BCUT2D eigenvalue weighted by Gasteiger charge is 2.29. The highest BCUT2D eigenvalue weighted by atomic mass is 16.5. The molecule has 1 aromatic heterocycles. The van der Waals surface area contributed by atoms with Crippen molar-refractivity contribution in [1.82, 2.24) is 9.55 Å². The topological polar surface area (TPSA) is 76.4 Å². The Morgan fingerprint density at radius 3 is 2.96 bits per heavy atom. The maximum Gasteiger partial charge on any atom is 0.225 e. The van der Waals surface area contributed by atoms with E-state index in [1.54, 1.807) is 18.6 Å². The van der Waals surface area contributed by atoms with Crippen LogP contribution >= 0.6 is 0 Å². The Bertz CT molecular complexity index is 983. The van der Waals surface area contributed by atoms with Crippen molar-refractivity contribution in [3.05, 3.63) is 71.8 Å². The molecule has 1 aliphatic heterocycles. The number of amides is 1. The van der Waals surface area contributed by atoms with E-state index < -0.39 is 0 Å². The Morgan fingerprint density at radius 1 is 1.29 bits per heavy atom. The molecule has 144 valence electrons. The van der Waals surface area contributed by atoms with Crippen molar-refractivity contribution in [3.8, 4) is 11.5 Å². The van der Waals surface area contributed by atoms with Gasteiger partial charge in [0.05, 0.1) is 12.9 Å². The minimum absolute atomic E-state index is 0.0596. The zero-order valence-corrected chi connectivity index (χ0v) is 15.8. The lowest BCUT2D eigenvalue weighted by atomic mass is 9.83. The highest BCUT2D eigenvalue weighted by Crippen LogP contribution is 2.42. The summed E-state index contributed by atoms with van der Waals surface area (Å²) in [4.78, 5) is 16.3. The molecule has 0 saturated heterocycles. The second-order valence-corrected chi connectivity index (χ2v) is 7.07. The molecule has 0 fully saturated rings. The van der Waals surface area contributed by atoms with Gasteiger partial charge in [-0.05, 0) is 36.6 Å². The first-order valence-corrected chi connectivity index (χ1v) is 9.42. The van der Waals surface area contributed by atoms with Gasteiger partial charge in [0.1, 0.15) is 11.5 Å². The zero-order valence-electron chi connectivity index (χ0n) is 15.8. The molecule has 1 unspecified atom stereocenters. The van der Waals surface area contributed by atoms with Crippen LogP contribution in [0.5, 0.6) is 11.5 Å². The lowest BCUT2D eigenvalue weighted by Gasteiger charge is -2.28. The molecule has 0 radical (unpaired) electrons. The van der Waals surface area contributed by atoms with Crippen LogP contribution in [0.25, 0.3) is 0 Å². The van der Waals surface area contributed by atoms with Gasteiger partial charge in [0, 0.05) is 48.6 Å². The van der Waals surface area contributed by atoms with Crippen LogP contribution in [0, 0.1) is 6.92 Å². The molecule has 0 saturated carbocycles. The van der Waals surface area contributed by atoms with Gasteiger partial charge in [-0.25, -0.2) is 4.98 Å². The number of imidazole rings is 1. The monoisotopic (exact) mass is 377 g/mol. The molecule has 3 aromatic rings. The molecule has 1 aliphatic rings. The number of phenols is 1. The number of carbonyl (C=O) groups excluding carboxylic acids is 1. The van der Waals surface area contributed by atoms with Crippen molar-refractivity contribution < 1.29 is 14.6 Å². The first-order valence-electron chi connectivity index (χ1n) is 9.42. The number of anilines is 1. The number of aryl methyl sites for hydroxylation is 2. The van der Waals surface area contributed by atoms with Gasteiger partial charge in [-0.15, -0.1) is 0 Å². The third kappa shape index (κ3) is 3.71. The molecule has 28 heavy (non-hydrogen) atoms. The second kappa shape index (κ2) is 7.76. The fraction of sp³-hybridized carbons (Fsp3) is 0.273. The molecule has 0 bridgehead atoms. The molecule has 2 heterocycles.